The first-order valence-electron chi connectivity index (χ1n) is 6.81. The van der Waals surface area contributed by atoms with E-state index in [0.717, 1.165) is 17.9 Å². The highest BCUT2D eigenvalue weighted by Crippen LogP contribution is 2.16. The summed E-state index contributed by atoms with van der Waals surface area (Å²) in [6, 6.07) is 9.00. The summed E-state index contributed by atoms with van der Waals surface area (Å²) in [5.41, 5.74) is 2.37. The molecule has 2 aromatic rings. The third-order valence-electron chi connectivity index (χ3n) is 3.61. The molecular weight excluding hydrogens is 222 g/mol. The number of nitrogens with zero attached hydrogens (tertiary/aromatic N) is 2. The molecule has 0 amide bonds. The monoisotopic (exact) mass is 245 g/mol. The maximum Gasteiger partial charge on any atom is 0.106 e. The Labute approximate surface area is 109 Å². The van der Waals surface area contributed by atoms with Gasteiger partial charge in [-0.2, -0.15) is 0 Å². The molecule has 0 aliphatic heterocycles. The van der Waals surface area contributed by atoms with E-state index < -0.39 is 0 Å². The Kier molecular flexibility index (Phi) is 4.37. The van der Waals surface area contributed by atoms with Crippen LogP contribution in [-0.4, -0.2) is 22.6 Å². The van der Waals surface area contributed by atoms with Gasteiger partial charge in [0.25, 0.3) is 0 Å². The van der Waals surface area contributed by atoms with Crippen LogP contribution >= 0.6 is 0 Å². The molecule has 0 fully saturated rings. The van der Waals surface area contributed by atoms with Crippen molar-refractivity contribution in [1.82, 2.24) is 14.9 Å². The van der Waals surface area contributed by atoms with Crippen LogP contribution in [0.3, 0.4) is 0 Å². The molecule has 3 heteroatoms. The fraction of sp³-hybridized carbons (Fsp3) is 0.533. The van der Waals surface area contributed by atoms with Crippen molar-refractivity contribution in [3.05, 3.63) is 30.1 Å². The fourth-order valence-electron chi connectivity index (χ4n) is 2.34. The Bertz CT molecular complexity index is 501. The summed E-state index contributed by atoms with van der Waals surface area (Å²) in [6.07, 6.45) is 3.71. The van der Waals surface area contributed by atoms with E-state index in [9.17, 15) is 0 Å². The summed E-state index contributed by atoms with van der Waals surface area (Å²) in [5, 5.41) is 3.28. The Balaban J connectivity index is 1.97. The van der Waals surface area contributed by atoms with Crippen LogP contribution in [0, 0.1) is 6.92 Å². The lowest BCUT2D eigenvalue weighted by Crippen LogP contribution is -2.20. The summed E-state index contributed by atoms with van der Waals surface area (Å²) in [7, 11) is 2.03. The highest BCUT2D eigenvalue weighted by atomic mass is 15.1. The highest BCUT2D eigenvalue weighted by Gasteiger charge is 2.06. The van der Waals surface area contributed by atoms with Crippen molar-refractivity contribution >= 4 is 11.0 Å². The van der Waals surface area contributed by atoms with E-state index in [0.29, 0.717) is 6.04 Å². The molecule has 0 bridgehead atoms. The van der Waals surface area contributed by atoms with Gasteiger partial charge in [-0.15, -0.1) is 0 Å². The second kappa shape index (κ2) is 6.01. The number of para-hydroxylation sites is 2. The summed E-state index contributed by atoms with van der Waals surface area (Å²) in [4.78, 5) is 4.59. The van der Waals surface area contributed by atoms with Gasteiger partial charge >= 0.3 is 0 Å². The molecule has 2 rings (SSSR count). The number of fused-ring (bicyclic) bond motifs is 1. The molecule has 1 aromatic heterocycles. The smallest absolute Gasteiger partial charge is 0.106 e. The number of rotatable bonds is 6. The molecule has 1 atom stereocenters. The number of hydrogen-bond acceptors (Lipinski definition) is 2. The van der Waals surface area contributed by atoms with E-state index >= 15 is 0 Å². The lowest BCUT2D eigenvalue weighted by Gasteiger charge is -2.10. The average Bonchev–Trinajstić information content (AvgIpc) is 2.70. The third-order valence-corrected chi connectivity index (χ3v) is 3.61. The second-order valence-electron chi connectivity index (χ2n) is 4.98. The molecule has 0 aliphatic rings. The van der Waals surface area contributed by atoms with E-state index in [1.165, 1.54) is 24.8 Å². The fourth-order valence-corrected chi connectivity index (χ4v) is 2.34. The van der Waals surface area contributed by atoms with Crippen molar-refractivity contribution in [2.45, 2.75) is 45.7 Å². The van der Waals surface area contributed by atoms with E-state index in [-0.39, 0.29) is 0 Å². The Morgan fingerprint density at radius 3 is 2.83 bits per heavy atom. The van der Waals surface area contributed by atoms with Crippen molar-refractivity contribution in [2.75, 3.05) is 7.05 Å². The minimum Gasteiger partial charge on any atom is -0.328 e. The third kappa shape index (κ3) is 2.91. The zero-order valence-corrected chi connectivity index (χ0v) is 11.6. The Morgan fingerprint density at radius 1 is 1.28 bits per heavy atom. The van der Waals surface area contributed by atoms with Crippen LogP contribution in [0.5, 0.6) is 0 Å². The van der Waals surface area contributed by atoms with Crippen molar-refractivity contribution in [1.29, 1.82) is 0 Å². The van der Waals surface area contributed by atoms with Gasteiger partial charge in [0.05, 0.1) is 11.0 Å². The van der Waals surface area contributed by atoms with Crippen molar-refractivity contribution in [3.8, 4) is 0 Å². The van der Waals surface area contributed by atoms with E-state index in [1.807, 2.05) is 13.1 Å². The van der Waals surface area contributed by atoms with Crippen LogP contribution in [0.4, 0.5) is 0 Å². The van der Waals surface area contributed by atoms with Gasteiger partial charge in [0.2, 0.25) is 0 Å². The number of aryl methyl sites for hydroxylation is 2. The maximum atomic E-state index is 4.59. The normalized spacial score (nSPS) is 13.1. The number of benzene rings is 1. The van der Waals surface area contributed by atoms with Gasteiger partial charge in [-0.25, -0.2) is 4.98 Å². The maximum absolute atomic E-state index is 4.59. The number of imidazole rings is 1. The van der Waals surface area contributed by atoms with Crippen LogP contribution in [-0.2, 0) is 6.54 Å². The molecule has 0 saturated heterocycles. The quantitative estimate of drug-likeness (QED) is 0.792. The van der Waals surface area contributed by atoms with E-state index in [1.54, 1.807) is 0 Å². The van der Waals surface area contributed by atoms with Gasteiger partial charge in [0.1, 0.15) is 5.82 Å². The average molecular weight is 245 g/mol. The molecule has 18 heavy (non-hydrogen) atoms. The number of hydrogen-bond donors (Lipinski definition) is 1. The van der Waals surface area contributed by atoms with Gasteiger partial charge in [-0.05, 0) is 45.9 Å². The molecule has 0 radical (unpaired) electrons. The molecule has 0 aliphatic carbocycles. The summed E-state index contributed by atoms with van der Waals surface area (Å²) < 4.78 is 2.33. The number of nitrogens with one attached hydrogen (secondary N) is 1. The van der Waals surface area contributed by atoms with E-state index in [4.69, 9.17) is 0 Å². The van der Waals surface area contributed by atoms with Crippen LogP contribution in [0.25, 0.3) is 11.0 Å². The largest absolute Gasteiger partial charge is 0.328 e. The van der Waals surface area contributed by atoms with Crippen molar-refractivity contribution in [2.24, 2.45) is 0 Å². The molecule has 1 N–H and O–H groups in total. The molecule has 0 saturated carbocycles. The molecule has 3 nitrogen and oxygen atoms in total. The number of aromatic nitrogens is 2. The second-order valence-corrected chi connectivity index (χ2v) is 4.98. The Morgan fingerprint density at radius 2 is 2.06 bits per heavy atom. The predicted octanol–water partition coefficient (Wildman–Crippen LogP) is 3.12. The standard InChI is InChI=1S/C15H23N3/c1-12(16-3)8-6-7-11-18-13(2)17-14-9-4-5-10-15(14)18/h4-5,9-10,12,16H,6-8,11H2,1-3H3. The summed E-state index contributed by atoms with van der Waals surface area (Å²) in [6.45, 7) is 5.40. The first-order valence-corrected chi connectivity index (χ1v) is 6.81. The van der Waals surface area contributed by atoms with Crippen molar-refractivity contribution in [3.63, 3.8) is 0 Å². The van der Waals surface area contributed by atoms with Gasteiger partial charge in [0, 0.05) is 12.6 Å². The van der Waals surface area contributed by atoms with Crippen LogP contribution in [0.15, 0.2) is 24.3 Å². The predicted molar refractivity (Wildman–Crippen MR) is 76.8 cm³/mol. The highest BCUT2D eigenvalue weighted by molar-refractivity contribution is 5.75. The van der Waals surface area contributed by atoms with Gasteiger partial charge < -0.3 is 9.88 Å². The lowest BCUT2D eigenvalue weighted by molar-refractivity contribution is 0.505. The minimum atomic E-state index is 0.616. The van der Waals surface area contributed by atoms with Crippen LogP contribution < -0.4 is 5.32 Å². The van der Waals surface area contributed by atoms with Gasteiger partial charge in [0.15, 0.2) is 0 Å². The first kappa shape index (κ1) is 13.1. The summed E-state index contributed by atoms with van der Waals surface area (Å²) in [5.74, 6) is 1.12. The minimum absolute atomic E-state index is 0.616. The lowest BCUT2D eigenvalue weighted by atomic mass is 10.1. The summed E-state index contributed by atoms with van der Waals surface area (Å²) >= 11 is 0. The van der Waals surface area contributed by atoms with Crippen LogP contribution in [0.1, 0.15) is 32.0 Å². The van der Waals surface area contributed by atoms with Crippen molar-refractivity contribution < 1.29 is 0 Å². The topological polar surface area (TPSA) is 29.9 Å². The first-order chi connectivity index (χ1) is 8.72. The SMILES string of the molecule is CNC(C)CCCCn1c(C)nc2ccccc21. The number of unbranched alkanes of at least 4 members (excludes halogenated alkanes) is 1. The molecule has 1 heterocycles. The zero-order valence-electron chi connectivity index (χ0n) is 11.6. The van der Waals surface area contributed by atoms with Gasteiger partial charge in [-0.1, -0.05) is 18.6 Å². The molecular formula is C15H23N3. The zero-order chi connectivity index (χ0) is 13.0. The van der Waals surface area contributed by atoms with Gasteiger partial charge in [-0.3, -0.25) is 0 Å². The molecule has 0 spiro atoms. The molecule has 98 valence electrons. The molecule has 1 aromatic carbocycles. The molecule has 1 unspecified atom stereocenters. The van der Waals surface area contributed by atoms with E-state index in [2.05, 4.69) is 46.9 Å². The van der Waals surface area contributed by atoms with Crippen LogP contribution in [0.2, 0.25) is 0 Å². The Hall–Kier alpha value is -1.35.